The van der Waals surface area contributed by atoms with Crippen molar-refractivity contribution < 1.29 is 4.74 Å². The predicted octanol–water partition coefficient (Wildman–Crippen LogP) is 3.26. The first-order chi connectivity index (χ1) is 11.2. The fourth-order valence-electron chi connectivity index (χ4n) is 2.24. The summed E-state index contributed by atoms with van der Waals surface area (Å²) in [5, 5.41) is 6.65. The van der Waals surface area contributed by atoms with Crippen LogP contribution in [0.1, 0.15) is 23.6 Å². The van der Waals surface area contributed by atoms with Crippen molar-refractivity contribution >= 4 is 5.96 Å². The Hall–Kier alpha value is -2.49. The Morgan fingerprint density at radius 3 is 2.39 bits per heavy atom. The molecule has 23 heavy (non-hydrogen) atoms. The quantitative estimate of drug-likeness (QED) is 0.636. The normalized spacial score (nSPS) is 11.2. The Morgan fingerprint density at radius 1 is 1.00 bits per heavy atom. The second-order valence-corrected chi connectivity index (χ2v) is 5.31. The zero-order valence-electron chi connectivity index (χ0n) is 14.1. The lowest BCUT2D eigenvalue weighted by Gasteiger charge is -2.14. The Bertz CT molecular complexity index is 635. The summed E-state index contributed by atoms with van der Waals surface area (Å²) in [5.41, 5.74) is 3.62. The topological polar surface area (TPSA) is 45.6 Å². The monoisotopic (exact) mass is 311 g/mol. The number of aliphatic imine (C=N–C) groups is 1. The molecule has 0 radical (unpaired) electrons. The van der Waals surface area contributed by atoms with Crippen molar-refractivity contribution in [2.75, 3.05) is 13.7 Å². The molecular formula is C19H25N3O. The first kappa shape index (κ1) is 16.9. The molecule has 122 valence electrons. The van der Waals surface area contributed by atoms with E-state index >= 15 is 0 Å². The van der Waals surface area contributed by atoms with E-state index in [2.05, 4.69) is 52.9 Å². The van der Waals surface area contributed by atoms with Crippen LogP contribution >= 0.6 is 0 Å². The number of hydrogen-bond donors (Lipinski definition) is 2. The first-order valence-electron chi connectivity index (χ1n) is 7.93. The van der Waals surface area contributed by atoms with Crippen LogP contribution in [0.15, 0.2) is 53.5 Å². The van der Waals surface area contributed by atoms with Crippen LogP contribution < -0.4 is 15.4 Å². The van der Waals surface area contributed by atoms with Gasteiger partial charge in [-0.1, -0.05) is 48.0 Å². The number of nitrogens with one attached hydrogen (secondary N) is 2. The van der Waals surface area contributed by atoms with Gasteiger partial charge in [-0.15, -0.1) is 0 Å². The van der Waals surface area contributed by atoms with E-state index in [0.29, 0.717) is 13.2 Å². The average Bonchev–Trinajstić information content (AvgIpc) is 2.58. The predicted molar refractivity (Wildman–Crippen MR) is 95.8 cm³/mol. The van der Waals surface area contributed by atoms with Gasteiger partial charge in [0.25, 0.3) is 0 Å². The van der Waals surface area contributed by atoms with Gasteiger partial charge in [-0.25, -0.2) is 0 Å². The molecule has 0 aliphatic carbocycles. The molecule has 0 unspecified atom stereocenters. The molecule has 2 N–H and O–H groups in total. The standard InChI is InChI=1S/C19H25N3O/c1-4-23-18-8-6-5-7-17(18)14-22-19(20-3)21-13-16-11-9-15(2)10-12-16/h5-12H,4,13-14H2,1-3H3,(H2,20,21,22). The molecule has 0 heterocycles. The second kappa shape index (κ2) is 8.83. The summed E-state index contributed by atoms with van der Waals surface area (Å²) in [6.45, 7) is 6.16. The largest absolute Gasteiger partial charge is 0.494 e. The van der Waals surface area contributed by atoms with Gasteiger partial charge in [0, 0.05) is 25.7 Å². The third-order valence-electron chi connectivity index (χ3n) is 3.52. The summed E-state index contributed by atoms with van der Waals surface area (Å²) in [6.07, 6.45) is 0. The van der Waals surface area contributed by atoms with Gasteiger partial charge in [0.2, 0.25) is 0 Å². The maximum atomic E-state index is 5.64. The molecule has 0 atom stereocenters. The van der Waals surface area contributed by atoms with Crippen LogP contribution in [0.25, 0.3) is 0 Å². The van der Waals surface area contributed by atoms with E-state index in [9.17, 15) is 0 Å². The molecule has 0 aromatic heterocycles. The van der Waals surface area contributed by atoms with Gasteiger partial charge < -0.3 is 15.4 Å². The van der Waals surface area contributed by atoms with E-state index < -0.39 is 0 Å². The fourth-order valence-corrected chi connectivity index (χ4v) is 2.24. The van der Waals surface area contributed by atoms with Crippen LogP contribution in [0.2, 0.25) is 0 Å². The lowest BCUT2D eigenvalue weighted by atomic mass is 10.1. The van der Waals surface area contributed by atoms with Gasteiger partial charge >= 0.3 is 0 Å². The van der Waals surface area contributed by atoms with Crippen molar-refractivity contribution in [3.8, 4) is 5.75 Å². The van der Waals surface area contributed by atoms with Crippen LogP contribution in [-0.4, -0.2) is 19.6 Å². The van der Waals surface area contributed by atoms with Crippen LogP contribution in [0.5, 0.6) is 5.75 Å². The van der Waals surface area contributed by atoms with Gasteiger partial charge in [-0.05, 0) is 25.5 Å². The number of nitrogens with zero attached hydrogens (tertiary/aromatic N) is 1. The lowest BCUT2D eigenvalue weighted by Crippen LogP contribution is -2.36. The summed E-state index contributed by atoms with van der Waals surface area (Å²) in [4.78, 5) is 4.26. The fraction of sp³-hybridized carbons (Fsp3) is 0.316. The third kappa shape index (κ3) is 5.33. The number of guanidine groups is 1. The van der Waals surface area contributed by atoms with Crippen molar-refractivity contribution in [3.05, 3.63) is 65.2 Å². The summed E-state index contributed by atoms with van der Waals surface area (Å²) < 4.78 is 5.64. The number of aryl methyl sites for hydroxylation is 1. The molecule has 2 rings (SSSR count). The molecule has 2 aromatic carbocycles. The highest BCUT2D eigenvalue weighted by Crippen LogP contribution is 2.17. The Balaban J connectivity index is 1.89. The number of ether oxygens (including phenoxy) is 1. The van der Waals surface area contributed by atoms with E-state index in [0.717, 1.165) is 23.8 Å². The minimum Gasteiger partial charge on any atom is -0.494 e. The molecule has 0 fully saturated rings. The summed E-state index contributed by atoms with van der Waals surface area (Å²) in [6, 6.07) is 16.5. The smallest absolute Gasteiger partial charge is 0.191 e. The van der Waals surface area contributed by atoms with Crippen molar-refractivity contribution in [3.63, 3.8) is 0 Å². The average molecular weight is 311 g/mol. The Morgan fingerprint density at radius 2 is 1.70 bits per heavy atom. The molecule has 0 aliphatic heterocycles. The number of rotatable bonds is 6. The SMILES string of the molecule is CCOc1ccccc1CNC(=NC)NCc1ccc(C)cc1. The molecule has 0 aliphatic rings. The summed E-state index contributed by atoms with van der Waals surface area (Å²) in [7, 11) is 1.78. The maximum Gasteiger partial charge on any atom is 0.191 e. The summed E-state index contributed by atoms with van der Waals surface area (Å²) >= 11 is 0. The highest BCUT2D eigenvalue weighted by molar-refractivity contribution is 5.79. The Kier molecular flexibility index (Phi) is 6.48. The number of hydrogen-bond acceptors (Lipinski definition) is 2. The lowest BCUT2D eigenvalue weighted by molar-refractivity contribution is 0.336. The molecule has 0 saturated heterocycles. The van der Waals surface area contributed by atoms with Crippen molar-refractivity contribution in [1.29, 1.82) is 0 Å². The van der Waals surface area contributed by atoms with Gasteiger partial charge in [0.1, 0.15) is 5.75 Å². The molecule has 0 amide bonds. The molecule has 4 heteroatoms. The van der Waals surface area contributed by atoms with Crippen LogP contribution in [-0.2, 0) is 13.1 Å². The molecule has 0 spiro atoms. The van der Waals surface area contributed by atoms with Gasteiger partial charge in [0.15, 0.2) is 5.96 Å². The van der Waals surface area contributed by atoms with Crippen molar-refractivity contribution in [2.45, 2.75) is 26.9 Å². The number of para-hydroxylation sites is 1. The van der Waals surface area contributed by atoms with Gasteiger partial charge in [-0.2, -0.15) is 0 Å². The zero-order valence-corrected chi connectivity index (χ0v) is 14.1. The molecule has 2 aromatic rings. The molecule has 0 bridgehead atoms. The molecular weight excluding hydrogens is 286 g/mol. The highest BCUT2D eigenvalue weighted by Gasteiger charge is 2.04. The Labute approximate surface area is 138 Å². The molecule has 4 nitrogen and oxygen atoms in total. The zero-order chi connectivity index (χ0) is 16.5. The van der Waals surface area contributed by atoms with E-state index in [1.54, 1.807) is 7.05 Å². The molecule has 0 saturated carbocycles. The second-order valence-electron chi connectivity index (χ2n) is 5.31. The minimum absolute atomic E-state index is 0.664. The van der Waals surface area contributed by atoms with Gasteiger partial charge in [-0.3, -0.25) is 4.99 Å². The van der Waals surface area contributed by atoms with Crippen LogP contribution in [0, 0.1) is 6.92 Å². The van der Waals surface area contributed by atoms with Gasteiger partial charge in [0.05, 0.1) is 6.61 Å². The highest BCUT2D eigenvalue weighted by atomic mass is 16.5. The van der Waals surface area contributed by atoms with Crippen molar-refractivity contribution in [1.82, 2.24) is 10.6 Å². The third-order valence-corrected chi connectivity index (χ3v) is 3.52. The van der Waals surface area contributed by atoms with E-state index in [1.807, 2.05) is 25.1 Å². The van der Waals surface area contributed by atoms with E-state index in [-0.39, 0.29) is 0 Å². The minimum atomic E-state index is 0.664. The van der Waals surface area contributed by atoms with Crippen molar-refractivity contribution in [2.24, 2.45) is 4.99 Å². The van der Waals surface area contributed by atoms with Crippen LogP contribution in [0.4, 0.5) is 0 Å². The summed E-state index contributed by atoms with van der Waals surface area (Å²) in [5.74, 6) is 1.69. The first-order valence-corrected chi connectivity index (χ1v) is 7.93. The van der Waals surface area contributed by atoms with E-state index in [4.69, 9.17) is 4.74 Å². The van der Waals surface area contributed by atoms with Crippen LogP contribution in [0.3, 0.4) is 0 Å². The van der Waals surface area contributed by atoms with E-state index in [1.165, 1.54) is 11.1 Å². The number of benzene rings is 2. The maximum absolute atomic E-state index is 5.64.